The van der Waals surface area contributed by atoms with Gasteiger partial charge in [0.15, 0.2) is 0 Å². The Balaban J connectivity index is 2.23. The summed E-state index contributed by atoms with van der Waals surface area (Å²) in [7, 11) is 1.87. The van der Waals surface area contributed by atoms with Crippen molar-refractivity contribution in [1.82, 2.24) is 9.78 Å². The molecule has 0 radical (unpaired) electrons. The summed E-state index contributed by atoms with van der Waals surface area (Å²) in [5.74, 6) is 1.39. The number of ether oxygens (including phenoxy) is 1. The molecule has 0 fully saturated rings. The second-order valence-electron chi connectivity index (χ2n) is 4.95. The van der Waals surface area contributed by atoms with E-state index < -0.39 is 0 Å². The van der Waals surface area contributed by atoms with E-state index in [1.54, 1.807) is 4.68 Å². The number of aromatic nitrogens is 2. The Kier molecular flexibility index (Phi) is 4.61. The molecule has 2 aromatic rings. The summed E-state index contributed by atoms with van der Waals surface area (Å²) in [6.07, 6.45) is 0. The monoisotopic (exact) mass is 312 g/mol. The van der Waals surface area contributed by atoms with Crippen molar-refractivity contribution in [3.05, 3.63) is 45.2 Å². The molecule has 5 heteroatoms. The highest BCUT2D eigenvalue weighted by molar-refractivity contribution is 6.31. The van der Waals surface area contributed by atoms with E-state index in [9.17, 15) is 0 Å². The van der Waals surface area contributed by atoms with Gasteiger partial charge in [-0.1, -0.05) is 23.7 Å². The molecule has 2 rings (SSSR count). The summed E-state index contributed by atoms with van der Waals surface area (Å²) >= 11 is 12.1. The number of aryl methyl sites for hydroxylation is 4. The number of benzene rings is 1. The summed E-state index contributed by atoms with van der Waals surface area (Å²) in [6, 6.07) is 4.09. The zero-order valence-corrected chi connectivity index (χ0v) is 13.6. The van der Waals surface area contributed by atoms with Crippen LogP contribution in [0.3, 0.4) is 0 Å². The molecule has 0 unspecified atom stereocenters. The minimum Gasteiger partial charge on any atom is -0.487 e. The van der Waals surface area contributed by atoms with E-state index in [2.05, 4.69) is 5.10 Å². The Labute approximate surface area is 129 Å². The summed E-state index contributed by atoms with van der Waals surface area (Å²) in [5, 5.41) is 4.95. The van der Waals surface area contributed by atoms with E-state index in [4.69, 9.17) is 27.9 Å². The van der Waals surface area contributed by atoms with Crippen LogP contribution in [-0.2, 0) is 19.5 Å². The summed E-state index contributed by atoms with van der Waals surface area (Å²) in [4.78, 5) is 0. The largest absolute Gasteiger partial charge is 0.487 e. The Morgan fingerprint density at radius 1 is 1.20 bits per heavy atom. The van der Waals surface area contributed by atoms with Crippen LogP contribution < -0.4 is 4.74 Å². The van der Waals surface area contributed by atoms with Crippen LogP contribution in [0.15, 0.2) is 12.1 Å². The third kappa shape index (κ3) is 2.94. The molecule has 0 amide bonds. The van der Waals surface area contributed by atoms with Gasteiger partial charge < -0.3 is 4.74 Å². The van der Waals surface area contributed by atoms with Crippen LogP contribution in [0, 0.1) is 20.8 Å². The Morgan fingerprint density at radius 2 is 1.80 bits per heavy atom. The normalized spacial score (nSPS) is 10.9. The van der Waals surface area contributed by atoms with E-state index in [1.165, 1.54) is 0 Å². The summed E-state index contributed by atoms with van der Waals surface area (Å²) in [5.41, 5.74) is 4.96. The highest BCUT2D eigenvalue weighted by Gasteiger charge is 2.13. The molecular formula is C15H18Cl2N2O. The quantitative estimate of drug-likeness (QED) is 0.786. The zero-order valence-electron chi connectivity index (χ0n) is 12.1. The molecule has 20 heavy (non-hydrogen) atoms. The predicted octanol–water partition coefficient (Wildman–Crippen LogP) is 4.32. The zero-order chi connectivity index (χ0) is 14.9. The van der Waals surface area contributed by atoms with Crippen molar-refractivity contribution in [1.29, 1.82) is 0 Å². The first-order valence-electron chi connectivity index (χ1n) is 6.41. The number of alkyl halides is 1. The van der Waals surface area contributed by atoms with Crippen molar-refractivity contribution in [3.8, 4) is 5.75 Å². The smallest absolute Gasteiger partial charge is 0.131 e. The van der Waals surface area contributed by atoms with Crippen LogP contribution in [0.5, 0.6) is 5.75 Å². The van der Waals surface area contributed by atoms with Crippen molar-refractivity contribution in [3.63, 3.8) is 0 Å². The molecule has 0 atom stereocenters. The van der Waals surface area contributed by atoms with Gasteiger partial charge in [0.05, 0.1) is 16.4 Å². The second-order valence-corrected chi connectivity index (χ2v) is 5.60. The molecule has 0 aliphatic heterocycles. The van der Waals surface area contributed by atoms with Crippen molar-refractivity contribution in [2.45, 2.75) is 33.3 Å². The van der Waals surface area contributed by atoms with Gasteiger partial charge in [-0.15, -0.1) is 11.6 Å². The highest BCUT2D eigenvalue weighted by Crippen LogP contribution is 2.28. The van der Waals surface area contributed by atoms with Crippen LogP contribution in [0.4, 0.5) is 0 Å². The van der Waals surface area contributed by atoms with Gasteiger partial charge in [-0.3, -0.25) is 4.68 Å². The first kappa shape index (κ1) is 15.2. The topological polar surface area (TPSA) is 27.1 Å². The van der Waals surface area contributed by atoms with Gasteiger partial charge in [0.1, 0.15) is 12.4 Å². The Bertz CT molecular complexity index is 612. The SMILES string of the molecule is Cc1cc(CCl)cc(C)c1OCc1c(Cl)c(C)nn1C. The van der Waals surface area contributed by atoms with Gasteiger partial charge in [-0.25, -0.2) is 0 Å². The molecule has 0 aliphatic carbocycles. The number of hydrogen-bond acceptors (Lipinski definition) is 2. The van der Waals surface area contributed by atoms with Crippen molar-refractivity contribution in [2.24, 2.45) is 7.05 Å². The standard InChI is InChI=1S/C15H18Cl2N2O/c1-9-5-12(7-16)6-10(2)15(9)20-8-13-14(17)11(3)18-19(13)4/h5-6H,7-8H2,1-4H3. The molecule has 1 aromatic carbocycles. The molecule has 0 saturated heterocycles. The van der Waals surface area contributed by atoms with E-state index in [0.29, 0.717) is 17.5 Å². The van der Waals surface area contributed by atoms with Gasteiger partial charge in [0.25, 0.3) is 0 Å². The second kappa shape index (κ2) is 6.06. The number of halogens is 2. The lowest BCUT2D eigenvalue weighted by atomic mass is 10.1. The van der Waals surface area contributed by atoms with Gasteiger partial charge in [-0.2, -0.15) is 5.10 Å². The lowest BCUT2D eigenvalue weighted by Gasteiger charge is -2.14. The summed E-state index contributed by atoms with van der Waals surface area (Å²) in [6.45, 7) is 6.33. The molecule has 3 nitrogen and oxygen atoms in total. The first-order valence-corrected chi connectivity index (χ1v) is 7.32. The maximum Gasteiger partial charge on any atom is 0.131 e. The van der Waals surface area contributed by atoms with Crippen LogP contribution in [0.1, 0.15) is 28.1 Å². The van der Waals surface area contributed by atoms with E-state index in [-0.39, 0.29) is 0 Å². The maximum atomic E-state index is 6.23. The molecule has 0 aliphatic rings. The number of nitrogens with zero attached hydrogens (tertiary/aromatic N) is 2. The van der Waals surface area contributed by atoms with Crippen molar-refractivity contribution in [2.75, 3.05) is 0 Å². The fourth-order valence-electron chi connectivity index (χ4n) is 2.32. The number of hydrogen-bond donors (Lipinski definition) is 0. The van der Waals surface area contributed by atoms with Gasteiger partial charge in [-0.05, 0) is 37.5 Å². The Morgan fingerprint density at radius 3 is 2.25 bits per heavy atom. The molecule has 0 saturated carbocycles. The average molecular weight is 313 g/mol. The van der Waals surface area contributed by atoms with Crippen molar-refractivity contribution >= 4 is 23.2 Å². The van der Waals surface area contributed by atoms with Crippen LogP contribution in [0.25, 0.3) is 0 Å². The molecular weight excluding hydrogens is 295 g/mol. The average Bonchev–Trinajstić information content (AvgIpc) is 2.63. The van der Waals surface area contributed by atoms with Crippen LogP contribution in [-0.4, -0.2) is 9.78 Å². The fraction of sp³-hybridized carbons (Fsp3) is 0.400. The molecule has 1 aromatic heterocycles. The number of rotatable bonds is 4. The van der Waals surface area contributed by atoms with Crippen LogP contribution in [0.2, 0.25) is 5.02 Å². The first-order chi connectivity index (χ1) is 9.43. The molecule has 0 N–H and O–H groups in total. The van der Waals surface area contributed by atoms with E-state index in [1.807, 2.05) is 40.0 Å². The third-order valence-corrected chi connectivity index (χ3v) is 4.09. The maximum absolute atomic E-state index is 6.23. The Hall–Kier alpha value is -1.19. The fourth-order valence-corrected chi connectivity index (χ4v) is 2.69. The van der Waals surface area contributed by atoms with E-state index >= 15 is 0 Å². The third-order valence-electron chi connectivity index (χ3n) is 3.29. The van der Waals surface area contributed by atoms with Crippen LogP contribution >= 0.6 is 23.2 Å². The lowest BCUT2D eigenvalue weighted by molar-refractivity contribution is 0.291. The molecule has 108 valence electrons. The predicted molar refractivity (Wildman–Crippen MR) is 82.8 cm³/mol. The minimum atomic E-state index is 0.401. The van der Waals surface area contributed by atoms with Crippen molar-refractivity contribution < 1.29 is 4.74 Å². The summed E-state index contributed by atoms with van der Waals surface area (Å²) < 4.78 is 7.70. The lowest BCUT2D eigenvalue weighted by Crippen LogP contribution is -2.05. The van der Waals surface area contributed by atoms with Gasteiger partial charge >= 0.3 is 0 Å². The van der Waals surface area contributed by atoms with Gasteiger partial charge in [0.2, 0.25) is 0 Å². The minimum absolute atomic E-state index is 0.401. The molecule has 0 spiro atoms. The molecule has 1 heterocycles. The highest BCUT2D eigenvalue weighted by atomic mass is 35.5. The molecule has 0 bridgehead atoms. The van der Waals surface area contributed by atoms with E-state index in [0.717, 1.165) is 33.8 Å². The van der Waals surface area contributed by atoms with Gasteiger partial charge in [0, 0.05) is 12.9 Å².